The number of esters is 1. The highest BCUT2D eigenvalue weighted by molar-refractivity contribution is 7.22. The Morgan fingerprint density at radius 3 is 2.63 bits per heavy atom. The van der Waals surface area contributed by atoms with Crippen LogP contribution in [-0.2, 0) is 14.9 Å². The highest BCUT2D eigenvalue weighted by Gasteiger charge is 2.42. The third kappa shape index (κ3) is 4.10. The van der Waals surface area contributed by atoms with E-state index in [0.717, 1.165) is 54.3 Å². The normalized spacial score (nSPS) is 15.2. The molecular weight excluding hydrogens is 396 g/mol. The summed E-state index contributed by atoms with van der Waals surface area (Å²) in [4.78, 5) is 30.1. The molecular formula is C24H26N2O3S. The van der Waals surface area contributed by atoms with Crippen molar-refractivity contribution in [3.8, 4) is 0 Å². The SMILES string of the molecule is CCCCOC(=O)c1ccc2nc(NC(=O)C3(c4ccccc4)CCCC3)sc2c1. The van der Waals surface area contributed by atoms with Crippen molar-refractivity contribution in [3.05, 3.63) is 59.7 Å². The van der Waals surface area contributed by atoms with Crippen LogP contribution in [0.3, 0.4) is 0 Å². The Balaban J connectivity index is 1.53. The number of carbonyl (C=O) groups is 2. The Kier molecular flexibility index (Phi) is 6.13. The molecule has 0 bridgehead atoms. The number of hydrogen-bond donors (Lipinski definition) is 1. The van der Waals surface area contributed by atoms with E-state index in [2.05, 4.69) is 17.2 Å². The van der Waals surface area contributed by atoms with Gasteiger partial charge >= 0.3 is 5.97 Å². The van der Waals surface area contributed by atoms with Gasteiger partial charge in [-0.15, -0.1) is 0 Å². The van der Waals surface area contributed by atoms with Crippen LogP contribution in [0.25, 0.3) is 10.2 Å². The Labute approximate surface area is 180 Å². The number of ether oxygens (including phenoxy) is 1. The van der Waals surface area contributed by atoms with Crippen molar-refractivity contribution in [2.24, 2.45) is 0 Å². The third-order valence-electron chi connectivity index (χ3n) is 5.79. The number of nitrogens with one attached hydrogen (secondary N) is 1. The van der Waals surface area contributed by atoms with Crippen molar-refractivity contribution < 1.29 is 14.3 Å². The Morgan fingerprint density at radius 2 is 1.90 bits per heavy atom. The van der Waals surface area contributed by atoms with Gasteiger partial charge in [-0.2, -0.15) is 0 Å². The van der Waals surface area contributed by atoms with E-state index in [1.165, 1.54) is 11.3 Å². The van der Waals surface area contributed by atoms with Crippen LogP contribution in [0.15, 0.2) is 48.5 Å². The second-order valence-electron chi connectivity index (χ2n) is 7.80. The number of amides is 1. The molecule has 1 saturated carbocycles. The van der Waals surface area contributed by atoms with Crippen LogP contribution in [0.4, 0.5) is 5.13 Å². The monoisotopic (exact) mass is 422 g/mol. The summed E-state index contributed by atoms with van der Waals surface area (Å²) >= 11 is 1.39. The Morgan fingerprint density at radius 1 is 1.13 bits per heavy atom. The Hall–Kier alpha value is -2.73. The topological polar surface area (TPSA) is 68.3 Å². The fourth-order valence-corrected chi connectivity index (χ4v) is 5.00. The van der Waals surface area contributed by atoms with E-state index in [9.17, 15) is 9.59 Å². The second kappa shape index (κ2) is 8.96. The second-order valence-corrected chi connectivity index (χ2v) is 8.83. The molecule has 0 spiro atoms. The Bertz CT molecular complexity index is 1040. The van der Waals surface area contributed by atoms with Crippen LogP contribution in [-0.4, -0.2) is 23.5 Å². The van der Waals surface area contributed by atoms with E-state index in [0.29, 0.717) is 17.3 Å². The molecule has 0 radical (unpaired) electrons. The largest absolute Gasteiger partial charge is 0.462 e. The van der Waals surface area contributed by atoms with E-state index in [-0.39, 0.29) is 11.9 Å². The molecule has 1 aliphatic carbocycles. The summed E-state index contributed by atoms with van der Waals surface area (Å²) in [5, 5.41) is 3.62. The van der Waals surface area contributed by atoms with E-state index >= 15 is 0 Å². The summed E-state index contributed by atoms with van der Waals surface area (Å²) in [6.07, 6.45) is 5.63. The number of hydrogen-bond acceptors (Lipinski definition) is 5. The van der Waals surface area contributed by atoms with E-state index in [4.69, 9.17) is 4.74 Å². The van der Waals surface area contributed by atoms with Crippen LogP contribution in [0, 0.1) is 0 Å². The summed E-state index contributed by atoms with van der Waals surface area (Å²) in [7, 11) is 0. The van der Waals surface area contributed by atoms with Gasteiger partial charge in [0.15, 0.2) is 5.13 Å². The molecule has 0 aliphatic heterocycles. The quantitative estimate of drug-likeness (QED) is 0.391. The molecule has 4 rings (SSSR count). The molecule has 1 fully saturated rings. The number of carbonyl (C=O) groups excluding carboxylic acids is 2. The first-order chi connectivity index (χ1) is 14.6. The fraction of sp³-hybridized carbons (Fsp3) is 0.375. The number of anilines is 1. The van der Waals surface area contributed by atoms with Crippen LogP contribution < -0.4 is 5.32 Å². The first kappa shape index (κ1) is 20.5. The summed E-state index contributed by atoms with van der Waals surface area (Å²) < 4.78 is 6.15. The number of aromatic nitrogens is 1. The molecule has 1 N–H and O–H groups in total. The van der Waals surface area contributed by atoms with Gasteiger partial charge in [-0.25, -0.2) is 9.78 Å². The van der Waals surface area contributed by atoms with E-state index in [1.807, 2.05) is 30.3 Å². The molecule has 1 aromatic heterocycles. The van der Waals surface area contributed by atoms with Gasteiger partial charge in [-0.1, -0.05) is 67.9 Å². The molecule has 1 aliphatic rings. The summed E-state index contributed by atoms with van der Waals surface area (Å²) in [5.74, 6) is -0.317. The van der Waals surface area contributed by atoms with Gasteiger partial charge in [0.2, 0.25) is 5.91 Å². The maximum absolute atomic E-state index is 13.3. The predicted octanol–water partition coefficient (Wildman–Crippen LogP) is 5.70. The lowest BCUT2D eigenvalue weighted by atomic mass is 9.78. The minimum Gasteiger partial charge on any atom is -0.462 e. The molecule has 1 heterocycles. The molecule has 0 saturated heterocycles. The lowest BCUT2D eigenvalue weighted by Gasteiger charge is -2.27. The third-order valence-corrected chi connectivity index (χ3v) is 6.73. The zero-order valence-corrected chi connectivity index (χ0v) is 18.0. The molecule has 30 heavy (non-hydrogen) atoms. The minimum atomic E-state index is -0.493. The molecule has 1 amide bonds. The lowest BCUT2D eigenvalue weighted by molar-refractivity contribution is -0.121. The summed E-state index contributed by atoms with van der Waals surface area (Å²) in [5.41, 5.74) is 1.85. The predicted molar refractivity (Wildman–Crippen MR) is 120 cm³/mol. The molecule has 0 atom stereocenters. The lowest BCUT2D eigenvalue weighted by Crippen LogP contribution is -2.37. The molecule has 156 valence electrons. The number of thiazole rings is 1. The number of benzene rings is 2. The van der Waals surface area contributed by atoms with E-state index < -0.39 is 5.41 Å². The molecule has 0 unspecified atom stereocenters. The van der Waals surface area contributed by atoms with Crippen molar-refractivity contribution in [1.29, 1.82) is 0 Å². The maximum atomic E-state index is 13.3. The summed E-state index contributed by atoms with van der Waals surface area (Å²) in [6.45, 7) is 2.49. The van der Waals surface area contributed by atoms with Crippen LogP contribution in [0.5, 0.6) is 0 Å². The first-order valence-electron chi connectivity index (χ1n) is 10.6. The van der Waals surface area contributed by atoms with Gasteiger partial charge in [0.25, 0.3) is 0 Å². The highest BCUT2D eigenvalue weighted by atomic mass is 32.1. The fourth-order valence-electron chi connectivity index (χ4n) is 4.10. The number of nitrogens with zero attached hydrogens (tertiary/aromatic N) is 1. The average molecular weight is 423 g/mol. The number of unbranched alkanes of at least 4 members (excludes halogenated alkanes) is 1. The molecule has 3 aromatic rings. The van der Waals surface area contributed by atoms with Gasteiger partial charge in [0.05, 0.1) is 27.8 Å². The van der Waals surface area contributed by atoms with Crippen LogP contribution in [0.1, 0.15) is 61.4 Å². The van der Waals surface area contributed by atoms with E-state index in [1.54, 1.807) is 18.2 Å². The van der Waals surface area contributed by atoms with Crippen molar-refractivity contribution in [2.45, 2.75) is 50.9 Å². The standard InChI is InChI=1S/C24H26N2O3S/c1-2-3-15-29-21(27)17-11-12-19-20(16-17)30-23(25-19)26-22(28)24(13-7-8-14-24)18-9-5-4-6-10-18/h4-6,9-12,16H,2-3,7-8,13-15H2,1H3,(H,25,26,28). The first-order valence-corrected chi connectivity index (χ1v) is 11.4. The zero-order valence-electron chi connectivity index (χ0n) is 17.1. The van der Waals surface area contributed by atoms with Gasteiger partial charge in [0, 0.05) is 0 Å². The van der Waals surface area contributed by atoms with Crippen LogP contribution in [0.2, 0.25) is 0 Å². The van der Waals surface area contributed by atoms with Crippen molar-refractivity contribution in [1.82, 2.24) is 4.98 Å². The summed E-state index contributed by atoms with van der Waals surface area (Å²) in [6, 6.07) is 15.4. The van der Waals surface area contributed by atoms with Crippen molar-refractivity contribution >= 4 is 38.6 Å². The maximum Gasteiger partial charge on any atom is 0.338 e. The number of fused-ring (bicyclic) bond motifs is 1. The van der Waals surface area contributed by atoms with Crippen molar-refractivity contribution in [2.75, 3.05) is 11.9 Å². The van der Waals surface area contributed by atoms with Gasteiger partial charge in [-0.05, 0) is 43.0 Å². The molecule has 5 nitrogen and oxygen atoms in total. The molecule has 6 heteroatoms. The van der Waals surface area contributed by atoms with Gasteiger partial charge in [-0.3, -0.25) is 4.79 Å². The minimum absolute atomic E-state index is 0.00412. The molecule has 2 aromatic carbocycles. The van der Waals surface area contributed by atoms with Gasteiger partial charge < -0.3 is 10.1 Å². The van der Waals surface area contributed by atoms with Crippen molar-refractivity contribution in [3.63, 3.8) is 0 Å². The van der Waals surface area contributed by atoms with Crippen LogP contribution >= 0.6 is 11.3 Å². The zero-order chi connectivity index (χ0) is 21.0. The van der Waals surface area contributed by atoms with Gasteiger partial charge in [0.1, 0.15) is 0 Å². The smallest absolute Gasteiger partial charge is 0.338 e. The highest BCUT2D eigenvalue weighted by Crippen LogP contribution is 2.42. The number of rotatable bonds is 7. The average Bonchev–Trinajstić information content (AvgIpc) is 3.41.